The van der Waals surface area contributed by atoms with Crippen LogP contribution in [0.2, 0.25) is 0 Å². The summed E-state index contributed by atoms with van der Waals surface area (Å²) in [4.78, 5) is 0. The number of hydrogen-bond acceptors (Lipinski definition) is 0. The van der Waals surface area contributed by atoms with Gasteiger partial charge >= 0.3 is 0 Å². The molecule has 0 aliphatic heterocycles. The minimum absolute atomic E-state index is 0.450. The van der Waals surface area contributed by atoms with Gasteiger partial charge in [0, 0.05) is 0 Å². The highest BCUT2D eigenvalue weighted by atomic mass is 14.3. The van der Waals surface area contributed by atoms with Crippen LogP contribution in [0.25, 0.3) is 32.7 Å². The Labute approximate surface area is 184 Å². The van der Waals surface area contributed by atoms with Crippen molar-refractivity contribution in [2.45, 2.75) is 32.1 Å². The second kappa shape index (κ2) is 7.39. The van der Waals surface area contributed by atoms with Crippen molar-refractivity contribution >= 4 is 21.5 Å². The second-order valence-electron chi connectivity index (χ2n) is 8.84. The Morgan fingerprint density at radius 3 is 1.97 bits per heavy atom. The molecule has 0 saturated carbocycles. The highest BCUT2D eigenvalue weighted by molar-refractivity contribution is 6.03. The van der Waals surface area contributed by atoms with E-state index in [0.29, 0.717) is 5.92 Å². The standard InChI is InChI=1S/C31H26/c1-2-21-15-16-28-25(17-21)20-26(19-22-9-3-6-12-27(22)28)31-29-13-7-4-10-23(29)18-24-11-5-8-14-30(24)31/h3-18,26H,2,19-20H2,1H3. The lowest BCUT2D eigenvalue weighted by Crippen LogP contribution is -2.07. The van der Waals surface area contributed by atoms with Crippen LogP contribution in [0.15, 0.2) is 97.1 Å². The average Bonchev–Trinajstić information content (AvgIpc) is 2.98. The SMILES string of the molecule is CCc1ccc2c(c1)CC(c1c3ccccc3cc3ccccc13)Cc1ccccc1-2. The van der Waals surface area contributed by atoms with Crippen LogP contribution in [0.4, 0.5) is 0 Å². The van der Waals surface area contributed by atoms with Gasteiger partial charge < -0.3 is 0 Å². The molecule has 0 heteroatoms. The molecule has 0 amide bonds. The topological polar surface area (TPSA) is 0 Å². The molecule has 0 aromatic heterocycles. The zero-order chi connectivity index (χ0) is 20.8. The van der Waals surface area contributed by atoms with Gasteiger partial charge in [-0.3, -0.25) is 0 Å². The smallest absolute Gasteiger partial charge is 0.00683 e. The summed E-state index contributed by atoms with van der Waals surface area (Å²) >= 11 is 0. The lowest BCUT2D eigenvalue weighted by molar-refractivity contribution is 0.699. The van der Waals surface area contributed by atoms with Gasteiger partial charge in [-0.2, -0.15) is 0 Å². The van der Waals surface area contributed by atoms with Crippen molar-refractivity contribution in [3.05, 3.63) is 119 Å². The maximum Gasteiger partial charge on any atom is -0.00683 e. The molecule has 0 N–H and O–H groups in total. The quantitative estimate of drug-likeness (QED) is 0.263. The normalized spacial score (nSPS) is 15.5. The Morgan fingerprint density at radius 1 is 0.613 bits per heavy atom. The molecule has 5 aromatic carbocycles. The summed E-state index contributed by atoms with van der Waals surface area (Å²) in [5, 5.41) is 5.49. The molecule has 31 heavy (non-hydrogen) atoms. The van der Waals surface area contributed by atoms with E-state index >= 15 is 0 Å². The van der Waals surface area contributed by atoms with Crippen molar-refractivity contribution in [3.8, 4) is 11.1 Å². The molecule has 1 unspecified atom stereocenters. The van der Waals surface area contributed by atoms with Gasteiger partial charge in [0.25, 0.3) is 0 Å². The Hall–Kier alpha value is -3.38. The Bertz CT molecular complexity index is 1370. The number of aryl methyl sites for hydroxylation is 1. The maximum atomic E-state index is 2.46. The fourth-order valence-corrected chi connectivity index (χ4v) is 5.56. The third-order valence-corrected chi connectivity index (χ3v) is 7.04. The first kappa shape index (κ1) is 18.4. The van der Waals surface area contributed by atoms with E-state index in [9.17, 15) is 0 Å². The zero-order valence-corrected chi connectivity index (χ0v) is 17.9. The molecular weight excluding hydrogens is 372 g/mol. The van der Waals surface area contributed by atoms with Gasteiger partial charge in [0.15, 0.2) is 0 Å². The fraction of sp³-hybridized carbons (Fsp3) is 0.161. The molecule has 0 heterocycles. The van der Waals surface area contributed by atoms with Crippen molar-refractivity contribution in [2.75, 3.05) is 0 Å². The third-order valence-electron chi connectivity index (χ3n) is 7.04. The fourth-order valence-electron chi connectivity index (χ4n) is 5.56. The van der Waals surface area contributed by atoms with Crippen LogP contribution in [0.1, 0.15) is 35.1 Å². The molecule has 1 atom stereocenters. The van der Waals surface area contributed by atoms with Gasteiger partial charge in [-0.05, 0) is 86.2 Å². The zero-order valence-electron chi connectivity index (χ0n) is 17.9. The summed E-state index contributed by atoms with van der Waals surface area (Å²) < 4.78 is 0. The van der Waals surface area contributed by atoms with Crippen molar-refractivity contribution in [3.63, 3.8) is 0 Å². The van der Waals surface area contributed by atoms with Crippen molar-refractivity contribution in [2.24, 2.45) is 0 Å². The second-order valence-corrected chi connectivity index (χ2v) is 8.84. The van der Waals surface area contributed by atoms with Crippen LogP contribution < -0.4 is 0 Å². The molecule has 5 aromatic rings. The van der Waals surface area contributed by atoms with Gasteiger partial charge in [-0.1, -0.05) is 97.9 Å². The summed E-state index contributed by atoms with van der Waals surface area (Å²) in [7, 11) is 0. The third kappa shape index (κ3) is 3.06. The van der Waals surface area contributed by atoms with E-state index in [1.165, 1.54) is 54.9 Å². The van der Waals surface area contributed by atoms with E-state index in [2.05, 4.69) is 104 Å². The van der Waals surface area contributed by atoms with E-state index in [1.54, 1.807) is 0 Å². The van der Waals surface area contributed by atoms with Gasteiger partial charge in [0.2, 0.25) is 0 Å². The summed E-state index contributed by atoms with van der Waals surface area (Å²) in [6.07, 6.45) is 3.23. The molecule has 0 fully saturated rings. The Morgan fingerprint density at radius 2 is 1.23 bits per heavy atom. The molecule has 0 radical (unpaired) electrons. The first-order chi connectivity index (χ1) is 15.3. The van der Waals surface area contributed by atoms with E-state index in [-0.39, 0.29) is 0 Å². The van der Waals surface area contributed by atoms with Gasteiger partial charge in [-0.15, -0.1) is 0 Å². The Kier molecular flexibility index (Phi) is 4.39. The Balaban J connectivity index is 1.64. The predicted octanol–water partition coefficient (Wildman–Crippen LogP) is 8.10. The van der Waals surface area contributed by atoms with Crippen LogP contribution in [0.3, 0.4) is 0 Å². The first-order valence-corrected chi connectivity index (χ1v) is 11.4. The molecule has 0 spiro atoms. The van der Waals surface area contributed by atoms with Crippen LogP contribution >= 0.6 is 0 Å². The summed E-state index contributed by atoms with van der Waals surface area (Å²) in [5.41, 5.74) is 8.73. The summed E-state index contributed by atoms with van der Waals surface area (Å²) in [6.45, 7) is 2.25. The van der Waals surface area contributed by atoms with Gasteiger partial charge in [0.1, 0.15) is 0 Å². The van der Waals surface area contributed by atoms with E-state index in [4.69, 9.17) is 0 Å². The van der Waals surface area contributed by atoms with Crippen molar-refractivity contribution < 1.29 is 0 Å². The maximum absolute atomic E-state index is 2.46. The average molecular weight is 399 g/mol. The summed E-state index contributed by atoms with van der Waals surface area (Å²) in [5.74, 6) is 0.450. The van der Waals surface area contributed by atoms with E-state index in [1.807, 2.05) is 0 Å². The van der Waals surface area contributed by atoms with Gasteiger partial charge in [-0.25, -0.2) is 0 Å². The largest absolute Gasteiger partial charge is 0.0620 e. The number of fused-ring (bicyclic) bond motifs is 5. The van der Waals surface area contributed by atoms with Crippen LogP contribution in [-0.4, -0.2) is 0 Å². The first-order valence-electron chi connectivity index (χ1n) is 11.4. The minimum atomic E-state index is 0.450. The minimum Gasteiger partial charge on any atom is -0.0620 e. The number of benzene rings is 5. The monoisotopic (exact) mass is 398 g/mol. The highest BCUT2D eigenvalue weighted by Crippen LogP contribution is 2.42. The number of rotatable bonds is 2. The van der Waals surface area contributed by atoms with Crippen molar-refractivity contribution in [1.29, 1.82) is 0 Å². The van der Waals surface area contributed by atoms with Crippen molar-refractivity contribution in [1.82, 2.24) is 0 Å². The highest BCUT2D eigenvalue weighted by Gasteiger charge is 2.25. The van der Waals surface area contributed by atoms with E-state index in [0.717, 1.165) is 19.3 Å². The van der Waals surface area contributed by atoms with Crippen LogP contribution in [0.5, 0.6) is 0 Å². The van der Waals surface area contributed by atoms with Crippen LogP contribution in [0, 0.1) is 0 Å². The van der Waals surface area contributed by atoms with Gasteiger partial charge in [0.05, 0.1) is 0 Å². The predicted molar refractivity (Wildman–Crippen MR) is 133 cm³/mol. The molecule has 6 rings (SSSR count). The molecule has 0 saturated heterocycles. The molecule has 0 nitrogen and oxygen atoms in total. The molecule has 150 valence electrons. The molecule has 1 aliphatic carbocycles. The molecule has 0 bridgehead atoms. The lowest BCUT2D eigenvalue weighted by Gasteiger charge is -2.21. The number of hydrogen-bond donors (Lipinski definition) is 0. The lowest BCUT2D eigenvalue weighted by atomic mass is 9.82. The molecule has 1 aliphatic rings. The van der Waals surface area contributed by atoms with Crippen LogP contribution in [-0.2, 0) is 19.3 Å². The molecular formula is C31H26. The summed E-state index contributed by atoms with van der Waals surface area (Å²) in [6, 6.07) is 36.3. The van der Waals surface area contributed by atoms with E-state index < -0.39 is 0 Å².